The van der Waals surface area contributed by atoms with Crippen LogP contribution in [-0.2, 0) is 19.4 Å². The fraction of sp³-hybridized carbons (Fsp3) is 0.467. The zero-order chi connectivity index (χ0) is 13.2. The second-order valence-electron chi connectivity index (χ2n) is 5.14. The molecule has 1 aliphatic carbocycles. The first-order valence-electron chi connectivity index (χ1n) is 6.92. The number of hydrogen-bond acceptors (Lipinski definition) is 3. The molecule has 19 heavy (non-hydrogen) atoms. The summed E-state index contributed by atoms with van der Waals surface area (Å²) in [6.07, 6.45) is 4.06. The van der Waals surface area contributed by atoms with Gasteiger partial charge in [0.25, 0.3) is 0 Å². The molecule has 0 fully saturated rings. The Kier molecular flexibility index (Phi) is 3.34. The Morgan fingerprint density at radius 3 is 3.05 bits per heavy atom. The average molecular weight is 257 g/mol. The van der Waals surface area contributed by atoms with Gasteiger partial charge in [0.1, 0.15) is 12.2 Å². The lowest BCUT2D eigenvalue weighted by molar-refractivity contribution is 0.0918. The maximum absolute atomic E-state index is 10.5. The first-order valence-corrected chi connectivity index (χ1v) is 6.92. The summed E-state index contributed by atoms with van der Waals surface area (Å²) in [5.41, 5.74) is 2.37. The average Bonchev–Trinajstić information content (AvgIpc) is 2.89. The molecule has 2 unspecified atom stereocenters. The molecule has 0 radical (unpaired) electrons. The summed E-state index contributed by atoms with van der Waals surface area (Å²) in [5, 5.41) is 14.7. The van der Waals surface area contributed by atoms with Gasteiger partial charge in [0.05, 0.1) is 6.10 Å². The molecule has 0 saturated heterocycles. The predicted molar refractivity (Wildman–Crippen MR) is 72.6 cm³/mol. The predicted octanol–water partition coefficient (Wildman–Crippen LogP) is 2.14. The minimum absolute atomic E-state index is 0.240. The van der Waals surface area contributed by atoms with Crippen LogP contribution in [0.5, 0.6) is 0 Å². The van der Waals surface area contributed by atoms with E-state index in [4.69, 9.17) is 0 Å². The van der Waals surface area contributed by atoms with Gasteiger partial charge in [-0.3, -0.25) is 4.68 Å². The van der Waals surface area contributed by atoms with Crippen LogP contribution < -0.4 is 0 Å². The van der Waals surface area contributed by atoms with E-state index in [1.807, 2.05) is 22.9 Å². The third-order valence-corrected chi connectivity index (χ3v) is 4.04. The number of aryl methyl sites for hydroxylation is 2. The number of aliphatic hydroxyl groups excluding tert-OH is 1. The Hall–Kier alpha value is -1.68. The van der Waals surface area contributed by atoms with Crippen LogP contribution in [0, 0.1) is 5.92 Å². The number of aliphatic hydroxyl groups is 1. The van der Waals surface area contributed by atoms with Crippen LogP contribution in [-0.4, -0.2) is 19.9 Å². The SMILES string of the molecule is CCn1ncnc1CC1CCc2ccccc2C1O. The normalized spacial score (nSPS) is 22.2. The maximum atomic E-state index is 10.5. The largest absolute Gasteiger partial charge is 0.388 e. The molecule has 0 spiro atoms. The van der Waals surface area contributed by atoms with E-state index in [2.05, 4.69) is 23.1 Å². The Morgan fingerprint density at radius 1 is 1.37 bits per heavy atom. The van der Waals surface area contributed by atoms with Crippen molar-refractivity contribution in [2.75, 3.05) is 0 Å². The molecule has 1 heterocycles. The lowest BCUT2D eigenvalue weighted by Gasteiger charge is -2.29. The summed E-state index contributed by atoms with van der Waals surface area (Å²) in [5.74, 6) is 1.22. The Balaban J connectivity index is 1.81. The number of hydrogen-bond donors (Lipinski definition) is 1. The van der Waals surface area contributed by atoms with Gasteiger partial charge in [0.2, 0.25) is 0 Å². The third-order valence-electron chi connectivity index (χ3n) is 4.04. The van der Waals surface area contributed by atoms with Crippen molar-refractivity contribution < 1.29 is 5.11 Å². The van der Waals surface area contributed by atoms with Crippen molar-refractivity contribution in [3.05, 3.63) is 47.5 Å². The topological polar surface area (TPSA) is 50.9 Å². The second-order valence-corrected chi connectivity index (χ2v) is 5.14. The van der Waals surface area contributed by atoms with Gasteiger partial charge in [-0.25, -0.2) is 4.98 Å². The van der Waals surface area contributed by atoms with Crippen molar-refractivity contribution in [3.8, 4) is 0 Å². The molecule has 2 aromatic rings. The molecule has 100 valence electrons. The van der Waals surface area contributed by atoms with E-state index in [-0.39, 0.29) is 12.0 Å². The van der Waals surface area contributed by atoms with Crippen LogP contribution in [0.15, 0.2) is 30.6 Å². The van der Waals surface area contributed by atoms with Crippen LogP contribution in [0.25, 0.3) is 0 Å². The van der Waals surface area contributed by atoms with Crippen LogP contribution >= 0.6 is 0 Å². The number of aromatic nitrogens is 3. The van der Waals surface area contributed by atoms with E-state index in [9.17, 15) is 5.11 Å². The van der Waals surface area contributed by atoms with Crippen LogP contribution in [0.3, 0.4) is 0 Å². The molecule has 1 N–H and O–H groups in total. The Morgan fingerprint density at radius 2 is 2.21 bits per heavy atom. The quantitative estimate of drug-likeness (QED) is 0.916. The van der Waals surface area contributed by atoms with Gasteiger partial charge in [-0.1, -0.05) is 24.3 Å². The second kappa shape index (κ2) is 5.13. The van der Waals surface area contributed by atoms with Gasteiger partial charge < -0.3 is 5.11 Å². The third kappa shape index (κ3) is 2.28. The minimum Gasteiger partial charge on any atom is -0.388 e. The summed E-state index contributed by atoms with van der Waals surface area (Å²) in [6.45, 7) is 2.89. The van der Waals surface area contributed by atoms with Gasteiger partial charge in [-0.15, -0.1) is 0 Å². The van der Waals surface area contributed by atoms with E-state index < -0.39 is 0 Å². The number of nitrogens with zero attached hydrogens (tertiary/aromatic N) is 3. The highest BCUT2D eigenvalue weighted by atomic mass is 16.3. The molecule has 4 heteroatoms. The van der Waals surface area contributed by atoms with E-state index in [1.54, 1.807) is 6.33 Å². The Labute approximate surface area is 113 Å². The van der Waals surface area contributed by atoms with Gasteiger partial charge >= 0.3 is 0 Å². The van der Waals surface area contributed by atoms with Gasteiger partial charge in [0, 0.05) is 13.0 Å². The van der Waals surface area contributed by atoms with Crippen molar-refractivity contribution in [2.24, 2.45) is 5.92 Å². The molecule has 0 amide bonds. The monoisotopic (exact) mass is 257 g/mol. The molecule has 2 atom stereocenters. The molecule has 0 bridgehead atoms. The van der Waals surface area contributed by atoms with Gasteiger partial charge in [-0.05, 0) is 36.8 Å². The molecule has 0 saturated carbocycles. The fourth-order valence-electron chi connectivity index (χ4n) is 2.96. The summed E-state index contributed by atoms with van der Waals surface area (Å²) >= 11 is 0. The van der Waals surface area contributed by atoms with Crippen molar-refractivity contribution >= 4 is 0 Å². The molecular weight excluding hydrogens is 238 g/mol. The van der Waals surface area contributed by atoms with E-state index in [1.165, 1.54) is 5.56 Å². The Bertz CT molecular complexity index is 564. The molecular formula is C15H19N3O. The first kappa shape index (κ1) is 12.4. The highest BCUT2D eigenvalue weighted by molar-refractivity contribution is 5.32. The molecule has 0 aliphatic heterocycles. The van der Waals surface area contributed by atoms with E-state index >= 15 is 0 Å². The van der Waals surface area contributed by atoms with E-state index in [0.717, 1.165) is 37.2 Å². The zero-order valence-electron chi connectivity index (χ0n) is 11.2. The molecule has 1 aromatic carbocycles. The fourth-order valence-corrected chi connectivity index (χ4v) is 2.96. The van der Waals surface area contributed by atoms with Gasteiger partial charge in [0.15, 0.2) is 0 Å². The number of benzene rings is 1. The zero-order valence-corrected chi connectivity index (χ0v) is 11.2. The summed E-state index contributed by atoms with van der Waals surface area (Å²) in [4.78, 5) is 4.31. The molecule has 4 nitrogen and oxygen atoms in total. The molecule has 1 aliphatic rings. The molecule has 1 aromatic heterocycles. The van der Waals surface area contributed by atoms with Crippen molar-refractivity contribution in [1.29, 1.82) is 0 Å². The maximum Gasteiger partial charge on any atom is 0.138 e. The summed E-state index contributed by atoms with van der Waals surface area (Å²) < 4.78 is 1.91. The summed E-state index contributed by atoms with van der Waals surface area (Å²) in [7, 11) is 0. The first-order chi connectivity index (χ1) is 9.29. The van der Waals surface area contributed by atoms with Crippen molar-refractivity contribution in [2.45, 2.75) is 38.8 Å². The van der Waals surface area contributed by atoms with Gasteiger partial charge in [-0.2, -0.15) is 5.10 Å². The standard InChI is InChI=1S/C15H19N3O/c1-2-18-14(16-10-17-18)9-12-8-7-11-5-3-4-6-13(11)15(12)19/h3-6,10,12,15,19H,2,7-9H2,1H3. The molecule has 3 rings (SSSR count). The lowest BCUT2D eigenvalue weighted by atomic mass is 9.80. The summed E-state index contributed by atoms with van der Waals surface area (Å²) in [6, 6.07) is 8.19. The van der Waals surface area contributed by atoms with E-state index in [0.29, 0.717) is 0 Å². The van der Waals surface area contributed by atoms with Crippen molar-refractivity contribution in [1.82, 2.24) is 14.8 Å². The lowest BCUT2D eigenvalue weighted by Crippen LogP contribution is -2.23. The smallest absolute Gasteiger partial charge is 0.138 e. The minimum atomic E-state index is -0.382. The highest BCUT2D eigenvalue weighted by Crippen LogP contribution is 2.35. The number of fused-ring (bicyclic) bond motifs is 1. The highest BCUT2D eigenvalue weighted by Gasteiger charge is 2.28. The van der Waals surface area contributed by atoms with Crippen molar-refractivity contribution in [3.63, 3.8) is 0 Å². The van der Waals surface area contributed by atoms with Crippen LogP contribution in [0.2, 0.25) is 0 Å². The number of rotatable bonds is 3. The van der Waals surface area contributed by atoms with Crippen LogP contribution in [0.1, 0.15) is 36.4 Å². The van der Waals surface area contributed by atoms with Crippen LogP contribution in [0.4, 0.5) is 0 Å².